The van der Waals surface area contributed by atoms with Gasteiger partial charge in [0.2, 0.25) is 41.2 Å². The number of carbonyl (C=O) groups excluding carboxylic acids is 8. The fraction of sp³-hybridized carbons (Fsp3) is 0.697. The first-order valence-electron chi connectivity index (χ1n) is 17.3. The predicted molar refractivity (Wildman–Crippen MR) is 183 cm³/mol. The molecule has 0 bridgehead atoms. The molecule has 1 saturated heterocycles. The van der Waals surface area contributed by atoms with Gasteiger partial charge in [-0.3, -0.25) is 47.9 Å². The number of hydrogen-bond acceptors (Lipinski definition) is 10. The first-order chi connectivity index (χ1) is 24.2. The topological polar surface area (TPSA) is 287 Å². The SMILES string of the molecule is CCCC(NC(=O)C1CCCN1C(=O)C(NC(=O)C(NC(=O)C(CCC(=O)O)NC(=O)C(C)NC(C)=O)C(C)C)C(C)C)C(=O)C(=O)NCC(=O)O. The van der Waals surface area contributed by atoms with Crippen LogP contribution in [-0.2, 0) is 47.9 Å². The molecular weight excluding hydrogens is 686 g/mol. The van der Waals surface area contributed by atoms with Crippen LogP contribution in [0.3, 0.4) is 0 Å². The number of Topliss-reactive ketones (excluding diaryl/α,β-unsaturated/α-hetero) is 1. The number of nitrogens with one attached hydrogen (secondary N) is 6. The summed E-state index contributed by atoms with van der Waals surface area (Å²) < 4.78 is 0. The minimum Gasteiger partial charge on any atom is -0.481 e. The second-order valence-electron chi connectivity index (χ2n) is 13.4. The van der Waals surface area contributed by atoms with Crippen molar-refractivity contribution in [2.45, 2.75) is 123 Å². The monoisotopic (exact) mass is 739 g/mol. The maximum atomic E-state index is 13.9. The summed E-state index contributed by atoms with van der Waals surface area (Å²) in [6, 6.07) is -7.15. The first kappa shape index (κ1) is 44.9. The van der Waals surface area contributed by atoms with Gasteiger partial charge in [0, 0.05) is 19.9 Å². The molecule has 19 heteroatoms. The summed E-state index contributed by atoms with van der Waals surface area (Å²) >= 11 is 0. The number of carbonyl (C=O) groups is 10. The molecule has 19 nitrogen and oxygen atoms in total. The summed E-state index contributed by atoms with van der Waals surface area (Å²) in [5, 5.41) is 32.5. The Morgan fingerprint density at radius 1 is 0.712 bits per heavy atom. The zero-order valence-electron chi connectivity index (χ0n) is 30.7. The van der Waals surface area contributed by atoms with Crippen LogP contribution in [0, 0.1) is 11.8 Å². The zero-order valence-corrected chi connectivity index (χ0v) is 30.7. The highest BCUT2D eigenvalue weighted by Crippen LogP contribution is 2.21. The van der Waals surface area contributed by atoms with Crippen molar-refractivity contribution in [3.63, 3.8) is 0 Å². The minimum atomic E-state index is -1.38. The Kier molecular flexibility index (Phi) is 18.4. The fourth-order valence-electron chi connectivity index (χ4n) is 5.46. The number of amides is 7. The molecule has 1 rings (SSSR count). The molecule has 6 atom stereocenters. The van der Waals surface area contributed by atoms with Gasteiger partial charge < -0.3 is 47.0 Å². The summed E-state index contributed by atoms with van der Waals surface area (Å²) in [7, 11) is 0. The van der Waals surface area contributed by atoms with Gasteiger partial charge in [0.25, 0.3) is 5.91 Å². The molecule has 0 aliphatic carbocycles. The lowest BCUT2D eigenvalue weighted by Gasteiger charge is -2.33. The van der Waals surface area contributed by atoms with Gasteiger partial charge in [0.1, 0.15) is 36.8 Å². The molecule has 292 valence electrons. The number of carboxylic acids is 2. The summed E-state index contributed by atoms with van der Waals surface area (Å²) in [6.45, 7) is 10.2. The quantitative estimate of drug-likeness (QED) is 0.0605. The molecule has 6 unspecified atom stereocenters. The lowest BCUT2D eigenvalue weighted by atomic mass is 9.98. The van der Waals surface area contributed by atoms with E-state index in [2.05, 4.69) is 26.6 Å². The molecule has 1 aliphatic rings. The highest BCUT2D eigenvalue weighted by molar-refractivity contribution is 6.38. The van der Waals surface area contributed by atoms with Crippen LogP contribution in [0.4, 0.5) is 0 Å². The van der Waals surface area contributed by atoms with Crippen molar-refractivity contribution < 1.29 is 58.2 Å². The van der Waals surface area contributed by atoms with Crippen LogP contribution in [0.2, 0.25) is 0 Å². The maximum absolute atomic E-state index is 13.9. The second-order valence-corrected chi connectivity index (χ2v) is 13.4. The molecule has 0 aromatic rings. The van der Waals surface area contributed by atoms with Gasteiger partial charge in [0.15, 0.2) is 0 Å². The van der Waals surface area contributed by atoms with Crippen molar-refractivity contribution in [2.75, 3.05) is 13.1 Å². The standard InChI is InChI=1S/C33H53N7O12/c1-8-10-20(27(46)32(51)34-15-24(44)45)36-30(49)22-11-9-14-40(22)33(52)26(17(4)5)39-31(50)25(16(2)3)38-29(48)21(12-13-23(42)43)37-28(47)18(6)35-19(7)41/h16-18,20-22,25-26H,8-15H2,1-7H3,(H,34,51)(H,35,41)(H,36,49)(H,37,47)(H,38,48)(H,39,50)(H,42,43)(H,44,45). The van der Waals surface area contributed by atoms with Crippen LogP contribution in [0.25, 0.3) is 0 Å². The summed E-state index contributed by atoms with van der Waals surface area (Å²) in [5.74, 6) is -10.0. The van der Waals surface area contributed by atoms with Crippen LogP contribution in [0.5, 0.6) is 0 Å². The van der Waals surface area contributed by atoms with E-state index < -0.39 is 120 Å². The number of ketones is 1. The average Bonchev–Trinajstić information content (AvgIpc) is 3.55. The Morgan fingerprint density at radius 2 is 1.31 bits per heavy atom. The van der Waals surface area contributed by atoms with E-state index in [0.29, 0.717) is 12.8 Å². The molecule has 1 heterocycles. The summed E-state index contributed by atoms with van der Waals surface area (Å²) in [6.07, 6.45) is 0.300. The number of nitrogens with zero attached hydrogens (tertiary/aromatic N) is 1. The van der Waals surface area contributed by atoms with Gasteiger partial charge in [-0.15, -0.1) is 0 Å². The van der Waals surface area contributed by atoms with Gasteiger partial charge in [-0.05, 0) is 44.4 Å². The lowest BCUT2D eigenvalue weighted by Crippen LogP contribution is -2.61. The van der Waals surface area contributed by atoms with E-state index >= 15 is 0 Å². The Morgan fingerprint density at radius 3 is 1.83 bits per heavy atom. The van der Waals surface area contributed by atoms with Crippen LogP contribution >= 0.6 is 0 Å². The molecule has 1 fully saturated rings. The summed E-state index contributed by atoms with van der Waals surface area (Å²) in [4.78, 5) is 127. The Balaban J connectivity index is 3.16. The summed E-state index contributed by atoms with van der Waals surface area (Å²) in [5.41, 5.74) is 0. The molecule has 0 aromatic heterocycles. The van der Waals surface area contributed by atoms with E-state index in [1.807, 2.05) is 5.32 Å². The largest absolute Gasteiger partial charge is 0.481 e. The average molecular weight is 740 g/mol. The molecule has 7 amide bonds. The van der Waals surface area contributed by atoms with Gasteiger partial charge in [-0.1, -0.05) is 41.0 Å². The number of hydrogen-bond donors (Lipinski definition) is 8. The molecule has 0 saturated carbocycles. The third-order valence-corrected chi connectivity index (χ3v) is 8.24. The number of likely N-dealkylation sites (tertiary alicyclic amines) is 1. The van der Waals surface area contributed by atoms with Crippen LogP contribution < -0.4 is 31.9 Å². The highest BCUT2D eigenvalue weighted by Gasteiger charge is 2.41. The molecule has 52 heavy (non-hydrogen) atoms. The number of rotatable bonds is 21. The third-order valence-electron chi connectivity index (χ3n) is 8.24. The Bertz CT molecular complexity index is 1370. The molecule has 8 N–H and O–H groups in total. The van der Waals surface area contributed by atoms with Gasteiger partial charge in [0.05, 0.1) is 6.04 Å². The van der Waals surface area contributed by atoms with Crippen LogP contribution in [-0.4, -0.2) is 124 Å². The van der Waals surface area contributed by atoms with Gasteiger partial charge in [-0.25, -0.2) is 0 Å². The molecule has 0 spiro atoms. The number of aliphatic carboxylic acids is 2. The van der Waals surface area contributed by atoms with Gasteiger partial charge >= 0.3 is 11.9 Å². The van der Waals surface area contributed by atoms with Gasteiger partial charge in [-0.2, -0.15) is 0 Å². The Labute approximate surface area is 302 Å². The first-order valence-corrected chi connectivity index (χ1v) is 17.3. The van der Waals surface area contributed by atoms with E-state index in [1.54, 1.807) is 34.6 Å². The van der Waals surface area contributed by atoms with Crippen molar-refractivity contribution in [1.82, 2.24) is 36.8 Å². The van der Waals surface area contributed by atoms with E-state index in [4.69, 9.17) is 5.11 Å². The normalized spacial score (nSPS) is 16.8. The predicted octanol–water partition coefficient (Wildman–Crippen LogP) is -1.81. The minimum absolute atomic E-state index is 0.0773. The Hall–Kier alpha value is -5.10. The fourth-order valence-corrected chi connectivity index (χ4v) is 5.46. The molecule has 0 radical (unpaired) electrons. The third kappa shape index (κ3) is 14.3. The van der Waals surface area contributed by atoms with Crippen molar-refractivity contribution in [3.8, 4) is 0 Å². The van der Waals surface area contributed by atoms with E-state index in [-0.39, 0.29) is 25.8 Å². The van der Waals surface area contributed by atoms with Crippen LogP contribution in [0.1, 0.15) is 87.0 Å². The van der Waals surface area contributed by atoms with E-state index in [0.717, 1.165) is 0 Å². The van der Waals surface area contributed by atoms with Crippen molar-refractivity contribution in [2.24, 2.45) is 11.8 Å². The molecule has 0 aromatic carbocycles. The van der Waals surface area contributed by atoms with Crippen LogP contribution in [0.15, 0.2) is 0 Å². The lowest BCUT2D eigenvalue weighted by molar-refractivity contribution is -0.145. The van der Waals surface area contributed by atoms with E-state index in [9.17, 15) is 53.1 Å². The zero-order chi connectivity index (χ0) is 39.9. The number of carboxylic acid groups (broad SMARTS) is 2. The molecule has 1 aliphatic heterocycles. The smallest absolute Gasteiger partial charge is 0.322 e. The van der Waals surface area contributed by atoms with Crippen molar-refractivity contribution in [1.29, 1.82) is 0 Å². The molecular formula is C33H53N7O12. The second kappa shape index (κ2) is 21.3. The maximum Gasteiger partial charge on any atom is 0.322 e. The highest BCUT2D eigenvalue weighted by atomic mass is 16.4. The van der Waals surface area contributed by atoms with Crippen molar-refractivity contribution >= 4 is 59.1 Å². The van der Waals surface area contributed by atoms with E-state index in [1.165, 1.54) is 18.7 Å². The van der Waals surface area contributed by atoms with Crippen molar-refractivity contribution in [3.05, 3.63) is 0 Å².